The van der Waals surface area contributed by atoms with E-state index in [1.807, 2.05) is 31.2 Å². The molecule has 1 aromatic rings. The molecule has 0 fully saturated rings. The van der Waals surface area contributed by atoms with E-state index in [1.54, 1.807) is 7.11 Å². The molecule has 21 heavy (non-hydrogen) atoms. The summed E-state index contributed by atoms with van der Waals surface area (Å²) in [5.74, 6) is 4.66. The Morgan fingerprint density at radius 3 is 2.38 bits per heavy atom. The summed E-state index contributed by atoms with van der Waals surface area (Å²) in [5, 5.41) is 0. The third-order valence-electron chi connectivity index (χ3n) is 3.09. The average Bonchev–Trinajstić information content (AvgIpc) is 2.53. The van der Waals surface area contributed by atoms with Crippen molar-refractivity contribution < 1.29 is 19.0 Å². The van der Waals surface area contributed by atoms with E-state index in [0.717, 1.165) is 11.1 Å². The van der Waals surface area contributed by atoms with Crippen molar-refractivity contribution in [3.8, 4) is 0 Å². The predicted octanol–water partition coefficient (Wildman–Crippen LogP) is 0.960. The normalized spacial score (nSPS) is 12.1. The van der Waals surface area contributed by atoms with Gasteiger partial charge in [0.05, 0.1) is 39.0 Å². The Morgan fingerprint density at radius 1 is 1.14 bits per heavy atom. The van der Waals surface area contributed by atoms with Crippen molar-refractivity contribution in [3.63, 3.8) is 0 Å². The maximum atomic E-state index is 11.4. The molecule has 1 atom stereocenters. The first-order valence-electron chi connectivity index (χ1n) is 6.92. The highest BCUT2D eigenvalue weighted by Crippen LogP contribution is 2.16. The lowest BCUT2D eigenvalue weighted by atomic mass is 9.99. The molecular formula is C15H24N2O4. The molecule has 0 radical (unpaired) electrons. The molecule has 0 spiro atoms. The van der Waals surface area contributed by atoms with Crippen LogP contribution in [0.25, 0.3) is 0 Å². The number of nitrogens with one attached hydrogen (secondary N) is 1. The number of methoxy groups -OCH3 is 1. The van der Waals surface area contributed by atoms with Crippen LogP contribution in [0.15, 0.2) is 24.3 Å². The summed E-state index contributed by atoms with van der Waals surface area (Å²) >= 11 is 0. The molecule has 1 amide bonds. The van der Waals surface area contributed by atoms with Crippen LogP contribution in [0.2, 0.25) is 0 Å². The molecule has 0 bridgehead atoms. The Morgan fingerprint density at radius 2 is 1.76 bits per heavy atom. The average molecular weight is 296 g/mol. The topological polar surface area (TPSA) is 82.8 Å². The highest BCUT2D eigenvalue weighted by atomic mass is 16.5. The number of rotatable bonds is 10. The van der Waals surface area contributed by atoms with E-state index in [2.05, 4.69) is 5.43 Å². The van der Waals surface area contributed by atoms with E-state index in [4.69, 9.17) is 20.1 Å². The Hall–Kier alpha value is -1.47. The van der Waals surface area contributed by atoms with Gasteiger partial charge in [-0.15, -0.1) is 0 Å². The van der Waals surface area contributed by atoms with Gasteiger partial charge < -0.3 is 14.2 Å². The zero-order valence-corrected chi connectivity index (χ0v) is 12.6. The summed E-state index contributed by atoms with van der Waals surface area (Å²) in [4.78, 5) is 11.4. The first kappa shape index (κ1) is 17.6. The van der Waals surface area contributed by atoms with E-state index < -0.39 is 0 Å². The van der Waals surface area contributed by atoms with E-state index in [0.29, 0.717) is 33.0 Å². The minimum absolute atomic E-state index is 0.202. The zero-order chi connectivity index (χ0) is 15.5. The number of nitrogens with two attached hydrogens (primary N) is 1. The first-order chi connectivity index (χ1) is 10.2. The number of benzene rings is 1. The molecule has 118 valence electrons. The summed E-state index contributed by atoms with van der Waals surface area (Å²) < 4.78 is 15.7. The molecule has 1 aromatic carbocycles. The molecule has 6 nitrogen and oxygen atoms in total. The Bertz CT molecular complexity index is 409. The van der Waals surface area contributed by atoms with Crippen molar-refractivity contribution in [2.75, 3.05) is 33.5 Å². The van der Waals surface area contributed by atoms with Crippen molar-refractivity contribution in [2.45, 2.75) is 19.4 Å². The third kappa shape index (κ3) is 6.68. The molecule has 1 rings (SSSR count). The van der Waals surface area contributed by atoms with E-state index in [9.17, 15) is 4.79 Å². The number of hydrazine groups is 1. The molecule has 0 saturated heterocycles. The van der Waals surface area contributed by atoms with Gasteiger partial charge in [-0.05, 0) is 18.1 Å². The lowest BCUT2D eigenvalue weighted by Gasteiger charge is -2.11. The summed E-state index contributed by atoms with van der Waals surface area (Å²) in [5.41, 5.74) is 4.13. The molecule has 3 N–H and O–H groups in total. The van der Waals surface area contributed by atoms with Gasteiger partial charge in [-0.3, -0.25) is 10.2 Å². The fraction of sp³-hybridized carbons (Fsp3) is 0.533. The fourth-order valence-corrected chi connectivity index (χ4v) is 1.73. The van der Waals surface area contributed by atoms with Crippen LogP contribution < -0.4 is 11.3 Å². The second-order valence-corrected chi connectivity index (χ2v) is 4.63. The second kappa shape index (κ2) is 10.3. The maximum Gasteiger partial charge on any atom is 0.241 e. The SMILES string of the molecule is COCCOCCOCc1ccc(C(C)C(=O)NN)cc1. The standard InChI is InChI=1S/C15H24N2O4/c1-12(15(18)17-16)14-5-3-13(4-6-14)11-21-10-9-20-8-7-19-2/h3-6,12H,7-11,16H2,1-2H3,(H,17,18). The lowest BCUT2D eigenvalue weighted by molar-refractivity contribution is -0.122. The van der Waals surface area contributed by atoms with Crippen molar-refractivity contribution in [3.05, 3.63) is 35.4 Å². The van der Waals surface area contributed by atoms with Crippen LogP contribution in [0.5, 0.6) is 0 Å². The van der Waals surface area contributed by atoms with Crippen molar-refractivity contribution >= 4 is 5.91 Å². The predicted molar refractivity (Wildman–Crippen MR) is 79.5 cm³/mol. The van der Waals surface area contributed by atoms with Gasteiger partial charge in [0.25, 0.3) is 0 Å². The van der Waals surface area contributed by atoms with Crippen LogP contribution in [0.1, 0.15) is 24.0 Å². The van der Waals surface area contributed by atoms with Gasteiger partial charge in [-0.1, -0.05) is 24.3 Å². The molecule has 6 heteroatoms. The van der Waals surface area contributed by atoms with Gasteiger partial charge in [0, 0.05) is 7.11 Å². The van der Waals surface area contributed by atoms with Gasteiger partial charge >= 0.3 is 0 Å². The van der Waals surface area contributed by atoms with Gasteiger partial charge in [0.2, 0.25) is 5.91 Å². The summed E-state index contributed by atoms with van der Waals surface area (Å²) in [6, 6.07) is 7.71. The zero-order valence-electron chi connectivity index (χ0n) is 12.6. The summed E-state index contributed by atoms with van der Waals surface area (Å²) in [7, 11) is 1.64. The van der Waals surface area contributed by atoms with Gasteiger partial charge in [-0.25, -0.2) is 5.84 Å². The summed E-state index contributed by atoms with van der Waals surface area (Å²) in [6.07, 6.45) is 0. The van der Waals surface area contributed by atoms with Crippen LogP contribution in [0.3, 0.4) is 0 Å². The number of amides is 1. The fourth-order valence-electron chi connectivity index (χ4n) is 1.73. The smallest absolute Gasteiger partial charge is 0.241 e. The highest BCUT2D eigenvalue weighted by Gasteiger charge is 2.13. The van der Waals surface area contributed by atoms with Gasteiger partial charge in [0.15, 0.2) is 0 Å². The lowest BCUT2D eigenvalue weighted by Crippen LogP contribution is -2.33. The monoisotopic (exact) mass is 296 g/mol. The second-order valence-electron chi connectivity index (χ2n) is 4.63. The highest BCUT2D eigenvalue weighted by molar-refractivity contribution is 5.82. The van der Waals surface area contributed by atoms with Crippen LogP contribution in [0.4, 0.5) is 0 Å². The summed E-state index contributed by atoms with van der Waals surface area (Å²) in [6.45, 7) is 4.59. The van der Waals surface area contributed by atoms with Crippen LogP contribution in [-0.4, -0.2) is 39.4 Å². The minimum atomic E-state index is -0.265. The van der Waals surface area contributed by atoms with Crippen LogP contribution >= 0.6 is 0 Å². The van der Waals surface area contributed by atoms with Crippen molar-refractivity contribution in [1.29, 1.82) is 0 Å². The van der Waals surface area contributed by atoms with Crippen molar-refractivity contribution in [2.24, 2.45) is 5.84 Å². The third-order valence-corrected chi connectivity index (χ3v) is 3.09. The number of hydrogen-bond donors (Lipinski definition) is 2. The quantitative estimate of drug-likeness (QED) is 0.291. The Kier molecular flexibility index (Phi) is 8.61. The van der Waals surface area contributed by atoms with Crippen LogP contribution in [0, 0.1) is 0 Å². The minimum Gasteiger partial charge on any atom is -0.382 e. The van der Waals surface area contributed by atoms with Gasteiger partial charge in [0.1, 0.15) is 0 Å². The van der Waals surface area contributed by atoms with Gasteiger partial charge in [-0.2, -0.15) is 0 Å². The molecule has 1 unspecified atom stereocenters. The molecule has 0 aromatic heterocycles. The van der Waals surface area contributed by atoms with E-state index in [1.165, 1.54) is 0 Å². The Balaban J connectivity index is 2.26. The van der Waals surface area contributed by atoms with E-state index in [-0.39, 0.29) is 11.8 Å². The first-order valence-corrected chi connectivity index (χ1v) is 6.92. The molecule has 0 aliphatic rings. The number of ether oxygens (including phenoxy) is 3. The largest absolute Gasteiger partial charge is 0.382 e. The van der Waals surface area contributed by atoms with Crippen molar-refractivity contribution in [1.82, 2.24) is 5.43 Å². The number of hydrogen-bond acceptors (Lipinski definition) is 5. The number of carbonyl (C=O) groups excluding carboxylic acids is 1. The molecule has 0 aliphatic heterocycles. The maximum absolute atomic E-state index is 11.4. The van der Waals surface area contributed by atoms with Crippen LogP contribution in [-0.2, 0) is 25.6 Å². The van der Waals surface area contributed by atoms with E-state index >= 15 is 0 Å². The molecule has 0 saturated carbocycles. The molecule has 0 aliphatic carbocycles. The molecular weight excluding hydrogens is 272 g/mol. The Labute approximate surface area is 125 Å². The number of carbonyl (C=O) groups is 1. The molecule has 0 heterocycles.